The highest BCUT2D eigenvalue weighted by atomic mass is 19.4. The second-order valence-electron chi connectivity index (χ2n) is 10.8. The van der Waals surface area contributed by atoms with Crippen molar-refractivity contribution in [2.24, 2.45) is 17.8 Å². The van der Waals surface area contributed by atoms with Gasteiger partial charge in [-0.25, -0.2) is 8.78 Å². The van der Waals surface area contributed by atoms with E-state index in [0.29, 0.717) is 25.8 Å². The third-order valence-electron chi connectivity index (χ3n) is 8.27. The number of nitrogens with one attached hydrogen (secondary N) is 3. The van der Waals surface area contributed by atoms with Crippen LogP contribution in [0.3, 0.4) is 0 Å². The summed E-state index contributed by atoms with van der Waals surface area (Å²) in [5.41, 5.74) is 0. The van der Waals surface area contributed by atoms with Crippen molar-refractivity contribution >= 4 is 23.6 Å². The Morgan fingerprint density at radius 2 is 1.82 bits per heavy atom. The maximum absolute atomic E-state index is 14.9. The molecule has 9 nitrogen and oxygen atoms in total. The molecule has 3 saturated heterocycles. The highest BCUT2D eigenvalue weighted by molar-refractivity contribution is 5.94. The van der Waals surface area contributed by atoms with E-state index in [0.717, 1.165) is 11.3 Å². The molecular weight excluding hydrogens is 517 g/mol. The van der Waals surface area contributed by atoms with Crippen LogP contribution >= 0.6 is 0 Å². The van der Waals surface area contributed by atoms with Gasteiger partial charge in [0.1, 0.15) is 18.1 Å². The van der Waals surface area contributed by atoms with E-state index in [9.17, 15) is 46.4 Å². The third-order valence-corrected chi connectivity index (χ3v) is 8.27. The Hall–Kier alpha value is -2.98. The summed E-state index contributed by atoms with van der Waals surface area (Å²) in [5.74, 6) is -10.2. The van der Waals surface area contributed by atoms with Crippen molar-refractivity contribution in [1.29, 1.82) is 5.26 Å². The summed E-state index contributed by atoms with van der Waals surface area (Å²) in [6.45, 7) is 0.405. The molecule has 2 bridgehead atoms. The standard InChI is InChI=1S/C24H30F5N5O4/c25-23(26)10-15-4-5-16(23)18(20(36)32-14(11-30)9-13-6-7-31-19(13)35)34(15)21(37)17(8-12-2-1-3-12)33-22(38)24(27,28)29/h12-18H,1-10H2,(H,31,35)(H,32,36)(H,33,38)/t13-,14+,15+,16+,17+,18+/m1/s1. The van der Waals surface area contributed by atoms with E-state index in [1.807, 2.05) is 6.07 Å². The average Bonchev–Trinajstić information content (AvgIpc) is 3.21. The smallest absolute Gasteiger partial charge is 0.356 e. The van der Waals surface area contributed by atoms with E-state index in [-0.39, 0.29) is 37.5 Å². The van der Waals surface area contributed by atoms with Gasteiger partial charge in [-0.1, -0.05) is 19.3 Å². The Morgan fingerprint density at radius 1 is 1.11 bits per heavy atom. The van der Waals surface area contributed by atoms with E-state index in [2.05, 4.69) is 10.6 Å². The lowest BCUT2D eigenvalue weighted by Gasteiger charge is -2.54. The molecule has 0 aromatic heterocycles. The molecule has 5 rings (SSSR count). The van der Waals surface area contributed by atoms with Gasteiger partial charge in [-0.3, -0.25) is 19.2 Å². The summed E-state index contributed by atoms with van der Waals surface area (Å²) < 4.78 is 68.9. The number of rotatable bonds is 8. The minimum atomic E-state index is -5.25. The van der Waals surface area contributed by atoms with Crippen LogP contribution in [0.15, 0.2) is 0 Å². The second-order valence-corrected chi connectivity index (χ2v) is 10.8. The van der Waals surface area contributed by atoms with Crippen LogP contribution < -0.4 is 16.0 Å². The maximum Gasteiger partial charge on any atom is 0.471 e. The van der Waals surface area contributed by atoms with Crippen LogP contribution in [0.5, 0.6) is 0 Å². The van der Waals surface area contributed by atoms with Gasteiger partial charge < -0.3 is 20.9 Å². The monoisotopic (exact) mass is 547 g/mol. The Labute approximate surface area is 215 Å². The molecular formula is C24H30F5N5O4. The molecule has 0 aromatic rings. The van der Waals surface area contributed by atoms with Crippen molar-refractivity contribution < 1.29 is 41.1 Å². The summed E-state index contributed by atoms with van der Waals surface area (Å²) >= 11 is 0. The highest BCUT2D eigenvalue weighted by Crippen LogP contribution is 2.49. The number of hydrogen-bond acceptors (Lipinski definition) is 5. The molecule has 4 amide bonds. The van der Waals surface area contributed by atoms with Gasteiger partial charge in [0.15, 0.2) is 0 Å². The van der Waals surface area contributed by atoms with Gasteiger partial charge in [-0.15, -0.1) is 0 Å². The normalized spacial score (nSPS) is 30.0. The Morgan fingerprint density at radius 3 is 2.34 bits per heavy atom. The maximum atomic E-state index is 14.9. The van der Waals surface area contributed by atoms with Crippen LogP contribution in [-0.2, 0) is 19.2 Å². The van der Waals surface area contributed by atoms with Crippen molar-refractivity contribution in [2.75, 3.05) is 6.54 Å². The lowest BCUT2D eigenvalue weighted by Crippen LogP contribution is -2.71. The van der Waals surface area contributed by atoms with Gasteiger partial charge in [0.05, 0.1) is 12.0 Å². The largest absolute Gasteiger partial charge is 0.471 e. The van der Waals surface area contributed by atoms with Crippen LogP contribution in [0.1, 0.15) is 57.8 Å². The molecule has 0 unspecified atom stereocenters. The third kappa shape index (κ3) is 5.71. The number of piperidine rings is 2. The fraction of sp³-hybridized carbons (Fsp3) is 0.792. The van der Waals surface area contributed by atoms with Gasteiger partial charge in [0.25, 0.3) is 5.92 Å². The van der Waals surface area contributed by atoms with Crippen molar-refractivity contribution in [3.63, 3.8) is 0 Å². The molecule has 5 aliphatic rings. The molecule has 3 N–H and O–H groups in total. The van der Waals surface area contributed by atoms with Crippen molar-refractivity contribution in [1.82, 2.24) is 20.9 Å². The van der Waals surface area contributed by atoms with E-state index in [1.165, 1.54) is 0 Å². The summed E-state index contributed by atoms with van der Waals surface area (Å²) in [7, 11) is 0. The van der Waals surface area contributed by atoms with E-state index < -0.39 is 72.2 Å². The molecule has 6 atom stereocenters. The molecule has 0 radical (unpaired) electrons. The molecule has 3 heterocycles. The summed E-state index contributed by atoms with van der Waals surface area (Å²) in [4.78, 5) is 51.5. The highest BCUT2D eigenvalue weighted by Gasteiger charge is 2.61. The molecule has 38 heavy (non-hydrogen) atoms. The van der Waals surface area contributed by atoms with Gasteiger partial charge in [0.2, 0.25) is 17.7 Å². The van der Waals surface area contributed by atoms with Crippen molar-refractivity contribution in [2.45, 2.75) is 94.1 Å². The minimum Gasteiger partial charge on any atom is -0.356 e. The lowest BCUT2D eigenvalue weighted by molar-refractivity contribution is -0.196. The number of nitriles is 1. The number of carbonyl (C=O) groups excluding carboxylic acids is 4. The van der Waals surface area contributed by atoms with E-state index in [4.69, 9.17) is 0 Å². The van der Waals surface area contributed by atoms with Gasteiger partial charge in [0, 0.05) is 24.9 Å². The fourth-order valence-electron chi connectivity index (χ4n) is 6.08. The van der Waals surface area contributed by atoms with Gasteiger partial charge in [-0.05, 0) is 38.0 Å². The first-order valence-corrected chi connectivity index (χ1v) is 12.9. The van der Waals surface area contributed by atoms with Gasteiger partial charge in [-0.2, -0.15) is 18.4 Å². The first kappa shape index (κ1) is 28.0. The number of alkyl halides is 5. The first-order valence-electron chi connectivity index (χ1n) is 12.9. The SMILES string of the molecule is N#C[C@H](C[C@H]1CCNC1=O)NC(=O)[C@@H]1[C@@H]2CC[C@@H](CC2(F)F)N1C(=O)[C@H](CC1CCC1)NC(=O)C(F)(F)F. The molecule has 3 aliphatic heterocycles. The number of hydrogen-bond donors (Lipinski definition) is 3. The Bertz CT molecular complexity index is 1010. The van der Waals surface area contributed by atoms with Crippen LogP contribution in [0.2, 0.25) is 0 Å². The van der Waals surface area contributed by atoms with Crippen LogP contribution in [0.4, 0.5) is 22.0 Å². The van der Waals surface area contributed by atoms with Gasteiger partial charge >= 0.3 is 12.1 Å². The minimum absolute atomic E-state index is 0.0504. The summed E-state index contributed by atoms with van der Waals surface area (Å²) in [6.07, 6.45) is -3.56. The van der Waals surface area contributed by atoms with Crippen molar-refractivity contribution in [3.05, 3.63) is 0 Å². The number of fused-ring (bicyclic) bond motifs is 3. The van der Waals surface area contributed by atoms with Crippen LogP contribution in [0, 0.1) is 29.1 Å². The number of amides is 4. The van der Waals surface area contributed by atoms with E-state index >= 15 is 0 Å². The number of halogens is 5. The molecule has 5 fully saturated rings. The fourth-order valence-corrected chi connectivity index (χ4v) is 6.08. The zero-order valence-electron chi connectivity index (χ0n) is 20.5. The summed E-state index contributed by atoms with van der Waals surface area (Å²) in [6, 6.07) is -3.83. The molecule has 2 saturated carbocycles. The average molecular weight is 548 g/mol. The molecule has 2 aliphatic carbocycles. The zero-order chi connectivity index (χ0) is 27.8. The van der Waals surface area contributed by atoms with Crippen LogP contribution in [0.25, 0.3) is 0 Å². The molecule has 0 spiro atoms. The summed E-state index contributed by atoms with van der Waals surface area (Å²) in [5, 5.41) is 16.3. The second kappa shape index (κ2) is 10.6. The molecule has 0 aromatic carbocycles. The number of nitrogens with zero attached hydrogens (tertiary/aromatic N) is 2. The number of carbonyl (C=O) groups is 4. The van der Waals surface area contributed by atoms with E-state index in [1.54, 1.807) is 5.32 Å². The quantitative estimate of drug-likeness (QED) is 0.399. The zero-order valence-corrected chi connectivity index (χ0v) is 20.5. The Kier molecular flexibility index (Phi) is 7.86. The predicted molar refractivity (Wildman–Crippen MR) is 120 cm³/mol. The molecule has 14 heteroatoms. The predicted octanol–water partition coefficient (Wildman–Crippen LogP) is 1.77. The van der Waals surface area contributed by atoms with Crippen molar-refractivity contribution in [3.8, 4) is 6.07 Å². The van der Waals surface area contributed by atoms with Crippen LogP contribution in [-0.4, -0.2) is 71.3 Å². The first-order chi connectivity index (χ1) is 17.8. The topological polar surface area (TPSA) is 131 Å². The molecule has 210 valence electrons. The lowest BCUT2D eigenvalue weighted by atomic mass is 9.71. The Balaban J connectivity index is 1.58.